The molecule has 3 aromatic rings. The van der Waals surface area contributed by atoms with E-state index in [1.807, 2.05) is 0 Å². The molecule has 0 spiro atoms. The van der Waals surface area contributed by atoms with Crippen LogP contribution in [0.25, 0.3) is 0 Å². The topological polar surface area (TPSA) is 139 Å². The summed E-state index contributed by atoms with van der Waals surface area (Å²) in [6.07, 6.45) is -1.38. The summed E-state index contributed by atoms with van der Waals surface area (Å²) in [4.78, 5) is 35.7. The van der Waals surface area contributed by atoms with Gasteiger partial charge in [-0.15, -0.1) is 0 Å². The van der Waals surface area contributed by atoms with Crippen LogP contribution in [0.1, 0.15) is 16.8 Å². The zero-order valence-corrected chi connectivity index (χ0v) is 20.8. The summed E-state index contributed by atoms with van der Waals surface area (Å²) in [5.74, 6) is -2.09. The van der Waals surface area contributed by atoms with Crippen LogP contribution in [0.3, 0.4) is 0 Å². The van der Waals surface area contributed by atoms with Crippen LogP contribution >= 0.6 is 23.2 Å². The van der Waals surface area contributed by atoms with Gasteiger partial charge in [-0.3, -0.25) is 14.9 Å². The lowest BCUT2D eigenvalue weighted by atomic mass is 10.2. The Kier molecular flexibility index (Phi) is 8.92. The number of halogens is 2. The van der Waals surface area contributed by atoms with Gasteiger partial charge >= 0.3 is 12.1 Å². The predicted octanol–water partition coefficient (Wildman–Crippen LogP) is 5.11. The van der Waals surface area contributed by atoms with Gasteiger partial charge in [-0.1, -0.05) is 29.3 Å². The summed E-state index contributed by atoms with van der Waals surface area (Å²) in [6, 6.07) is 17.5. The molecule has 3 N–H and O–H groups in total. The third kappa shape index (κ3) is 7.20. The molecule has 3 aromatic carbocycles. The molecule has 9 nitrogen and oxygen atoms in total. The Bertz CT molecular complexity index is 1360. The minimum atomic E-state index is -4.34. The molecular weight excluding hydrogens is 531 g/mol. The van der Waals surface area contributed by atoms with E-state index in [0.717, 1.165) is 12.1 Å². The number of amides is 2. The molecule has 0 saturated heterocycles. The van der Waals surface area contributed by atoms with Crippen molar-refractivity contribution < 1.29 is 32.6 Å². The van der Waals surface area contributed by atoms with E-state index in [2.05, 4.69) is 10.6 Å². The van der Waals surface area contributed by atoms with Gasteiger partial charge in [-0.05, 0) is 66.7 Å². The number of carboxylic acid groups (broad SMARTS) is 1. The highest BCUT2D eigenvalue weighted by atomic mass is 35.5. The van der Waals surface area contributed by atoms with Crippen LogP contribution in [-0.2, 0) is 19.4 Å². The lowest BCUT2D eigenvalue weighted by molar-refractivity contribution is -0.136. The Balaban J connectivity index is 1.62. The zero-order chi connectivity index (χ0) is 26.3. The van der Waals surface area contributed by atoms with Crippen LogP contribution in [0.5, 0.6) is 0 Å². The molecule has 0 aliphatic rings. The number of carboxylic acids is 1. The number of carbonyl (C=O) groups is 3. The Morgan fingerprint density at radius 3 is 2.14 bits per heavy atom. The minimum absolute atomic E-state index is 0.164. The number of benzene rings is 3. The normalized spacial score (nSPS) is 11.8. The molecule has 0 fully saturated rings. The first-order valence-corrected chi connectivity index (χ1v) is 12.7. The molecule has 1 unspecified atom stereocenters. The molecule has 188 valence electrons. The Morgan fingerprint density at radius 1 is 0.861 bits per heavy atom. The fourth-order valence-corrected chi connectivity index (χ4v) is 4.92. The fourth-order valence-electron chi connectivity index (χ4n) is 3.09. The summed E-state index contributed by atoms with van der Waals surface area (Å²) in [5.41, 5.74) is 1.01. The van der Waals surface area contributed by atoms with Crippen molar-refractivity contribution >= 4 is 62.4 Å². The van der Waals surface area contributed by atoms with Crippen molar-refractivity contribution in [2.75, 3.05) is 17.2 Å². The molecular formula is C24H20Cl2N2O7S. The van der Waals surface area contributed by atoms with Crippen molar-refractivity contribution in [3.8, 4) is 0 Å². The summed E-state index contributed by atoms with van der Waals surface area (Å²) < 4.78 is 30.8. The molecule has 12 heteroatoms. The quantitative estimate of drug-likeness (QED) is 0.336. The van der Waals surface area contributed by atoms with Gasteiger partial charge < -0.3 is 15.2 Å². The van der Waals surface area contributed by atoms with Gasteiger partial charge in [-0.2, -0.15) is 0 Å². The molecule has 2 amide bonds. The maximum atomic E-state index is 12.9. The molecule has 36 heavy (non-hydrogen) atoms. The number of hydrogen-bond donors (Lipinski definition) is 3. The first-order chi connectivity index (χ1) is 17.1. The van der Waals surface area contributed by atoms with Gasteiger partial charge in [0.05, 0.1) is 11.5 Å². The van der Waals surface area contributed by atoms with E-state index in [9.17, 15) is 27.9 Å². The van der Waals surface area contributed by atoms with E-state index in [4.69, 9.17) is 27.9 Å². The SMILES string of the molecule is O=C(Nc1cccc(Cl)c1)OCCC(C(=O)O)S(=O)(=O)c1ccc(C(=O)Nc2ccc(Cl)cc2)cc1. The molecule has 1 atom stereocenters. The van der Waals surface area contributed by atoms with Crippen molar-refractivity contribution in [1.82, 2.24) is 0 Å². The number of carbonyl (C=O) groups excluding carboxylic acids is 2. The first-order valence-electron chi connectivity index (χ1n) is 10.4. The summed E-state index contributed by atoms with van der Waals surface area (Å²) in [7, 11) is -4.34. The monoisotopic (exact) mass is 550 g/mol. The van der Waals surface area contributed by atoms with Crippen LogP contribution in [-0.4, -0.2) is 43.4 Å². The van der Waals surface area contributed by atoms with Crippen LogP contribution in [0, 0.1) is 0 Å². The predicted molar refractivity (Wildman–Crippen MR) is 135 cm³/mol. The molecule has 0 aromatic heterocycles. The number of nitrogens with one attached hydrogen (secondary N) is 2. The van der Waals surface area contributed by atoms with Crippen molar-refractivity contribution in [2.24, 2.45) is 0 Å². The van der Waals surface area contributed by atoms with Gasteiger partial charge in [-0.25, -0.2) is 13.2 Å². The largest absolute Gasteiger partial charge is 0.480 e. The van der Waals surface area contributed by atoms with Gasteiger partial charge in [0.1, 0.15) is 0 Å². The van der Waals surface area contributed by atoms with Gasteiger partial charge in [0.2, 0.25) is 0 Å². The van der Waals surface area contributed by atoms with Gasteiger partial charge in [0.25, 0.3) is 5.91 Å². The van der Waals surface area contributed by atoms with Gasteiger partial charge in [0, 0.05) is 33.4 Å². The van der Waals surface area contributed by atoms with Crippen LogP contribution in [0.2, 0.25) is 10.0 Å². The highest BCUT2D eigenvalue weighted by Gasteiger charge is 2.34. The summed E-state index contributed by atoms with van der Waals surface area (Å²) in [5, 5.41) is 13.6. The third-order valence-electron chi connectivity index (χ3n) is 4.88. The average molecular weight is 551 g/mol. The third-order valence-corrected chi connectivity index (χ3v) is 7.48. The highest BCUT2D eigenvalue weighted by Crippen LogP contribution is 2.21. The van der Waals surface area contributed by atoms with E-state index in [1.165, 1.54) is 18.2 Å². The van der Waals surface area contributed by atoms with E-state index < -0.39 is 46.1 Å². The average Bonchev–Trinajstić information content (AvgIpc) is 2.83. The zero-order valence-electron chi connectivity index (χ0n) is 18.5. The van der Waals surface area contributed by atoms with E-state index in [1.54, 1.807) is 42.5 Å². The number of rotatable bonds is 9. The molecule has 0 aliphatic carbocycles. The molecule has 0 bridgehead atoms. The second-order valence-corrected chi connectivity index (χ2v) is 10.4. The number of sulfone groups is 1. The van der Waals surface area contributed by atoms with E-state index >= 15 is 0 Å². The number of hydrogen-bond acceptors (Lipinski definition) is 6. The molecule has 0 aliphatic heterocycles. The molecule has 0 saturated carbocycles. The smallest absolute Gasteiger partial charge is 0.411 e. The van der Waals surface area contributed by atoms with E-state index in [-0.39, 0.29) is 10.5 Å². The minimum Gasteiger partial charge on any atom is -0.480 e. The van der Waals surface area contributed by atoms with Crippen LogP contribution in [0.15, 0.2) is 77.7 Å². The van der Waals surface area contributed by atoms with Crippen molar-refractivity contribution in [3.63, 3.8) is 0 Å². The standard InChI is InChI=1S/C24H20Cl2N2O7S/c25-16-6-8-18(9-7-16)27-22(29)15-4-10-20(11-5-15)36(33,34)21(23(30)31)12-13-35-24(32)28-19-3-1-2-17(26)14-19/h1-11,14,21H,12-13H2,(H,27,29)(H,28,32)(H,30,31). The van der Waals surface area contributed by atoms with Crippen molar-refractivity contribution in [1.29, 1.82) is 0 Å². The second-order valence-electron chi connectivity index (χ2n) is 7.42. The van der Waals surface area contributed by atoms with E-state index in [0.29, 0.717) is 21.4 Å². The Labute approximate surface area is 216 Å². The Hall–Kier alpha value is -3.60. The first kappa shape index (κ1) is 27.0. The molecule has 0 radical (unpaired) electrons. The maximum Gasteiger partial charge on any atom is 0.411 e. The fraction of sp³-hybridized carbons (Fsp3) is 0.125. The number of anilines is 2. The van der Waals surface area contributed by atoms with Crippen LogP contribution < -0.4 is 10.6 Å². The summed E-state index contributed by atoms with van der Waals surface area (Å²) in [6.45, 7) is -0.468. The Morgan fingerprint density at radius 2 is 1.53 bits per heavy atom. The summed E-state index contributed by atoms with van der Waals surface area (Å²) >= 11 is 11.7. The number of aliphatic carboxylic acids is 1. The lowest BCUT2D eigenvalue weighted by Gasteiger charge is -2.14. The van der Waals surface area contributed by atoms with Crippen molar-refractivity contribution in [3.05, 3.63) is 88.4 Å². The maximum absolute atomic E-state index is 12.9. The number of ether oxygens (including phenoxy) is 1. The molecule has 0 heterocycles. The highest BCUT2D eigenvalue weighted by molar-refractivity contribution is 7.92. The van der Waals surface area contributed by atoms with Crippen LogP contribution in [0.4, 0.5) is 16.2 Å². The second kappa shape index (κ2) is 11.9. The molecule has 3 rings (SSSR count). The van der Waals surface area contributed by atoms with Crippen molar-refractivity contribution in [2.45, 2.75) is 16.6 Å². The van der Waals surface area contributed by atoms with Gasteiger partial charge in [0.15, 0.2) is 15.1 Å². The lowest BCUT2D eigenvalue weighted by Crippen LogP contribution is -2.32.